The molecule has 0 saturated heterocycles. The van der Waals surface area contributed by atoms with Gasteiger partial charge in [0.1, 0.15) is 19.3 Å². The minimum absolute atomic E-state index is 0.0189. The molecule has 0 aromatic carbocycles. The predicted molar refractivity (Wildman–Crippen MR) is 207 cm³/mol. The SMILES string of the molecule is CC(C)(C)NC(=O)COCCOCCNC(=O)COCCOCCNC(=O)CC[C@H](NC(=O)CCCCCCCCCCCCCCCCC(=O)O)C(=O)O. The first-order chi connectivity index (χ1) is 26.3. The molecule has 0 aliphatic rings. The van der Waals surface area contributed by atoms with E-state index in [-0.39, 0.29) is 108 Å². The molecule has 0 fully saturated rings. The van der Waals surface area contributed by atoms with Gasteiger partial charge in [-0.25, -0.2) is 4.79 Å². The van der Waals surface area contributed by atoms with Crippen LogP contribution in [0.25, 0.3) is 0 Å². The largest absolute Gasteiger partial charge is 0.481 e. The molecule has 6 N–H and O–H groups in total. The molecule has 320 valence electrons. The Bertz CT molecular complexity index is 1050. The van der Waals surface area contributed by atoms with Crippen molar-refractivity contribution < 1.29 is 57.9 Å². The minimum atomic E-state index is -1.18. The van der Waals surface area contributed by atoms with Crippen LogP contribution >= 0.6 is 0 Å². The summed E-state index contributed by atoms with van der Waals surface area (Å²) in [6, 6.07) is -1.13. The number of carbonyl (C=O) groups excluding carboxylic acids is 4. The topological polar surface area (TPSA) is 228 Å². The average Bonchev–Trinajstić information content (AvgIpc) is 3.11. The number of rotatable bonds is 38. The molecule has 0 aromatic heterocycles. The van der Waals surface area contributed by atoms with Gasteiger partial charge in [0, 0.05) is 37.9 Å². The van der Waals surface area contributed by atoms with Gasteiger partial charge in [-0.1, -0.05) is 77.0 Å². The molecular weight excluding hydrogens is 716 g/mol. The maximum absolute atomic E-state index is 12.3. The lowest BCUT2D eigenvalue weighted by atomic mass is 10.0. The van der Waals surface area contributed by atoms with Gasteiger partial charge < -0.3 is 50.4 Å². The summed E-state index contributed by atoms with van der Waals surface area (Å²) in [7, 11) is 0. The lowest BCUT2D eigenvalue weighted by Crippen LogP contribution is -2.42. The summed E-state index contributed by atoms with van der Waals surface area (Å²) in [5.41, 5.74) is -0.314. The van der Waals surface area contributed by atoms with Crippen LogP contribution in [0, 0.1) is 0 Å². The van der Waals surface area contributed by atoms with Gasteiger partial charge in [0.15, 0.2) is 0 Å². The van der Waals surface area contributed by atoms with Crippen molar-refractivity contribution in [2.45, 2.75) is 148 Å². The van der Waals surface area contributed by atoms with E-state index in [2.05, 4.69) is 21.3 Å². The fourth-order valence-electron chi connectivity index (χ4n) is 5.37. The molecule has 0 bridgehead atoms. The van der Waals surface area contributed by atoms with Crippen molar-refractivity contribution in [3.63, 3.8) is 0 Å². The molecule has 0 unspecified atom stereocenters. The highest BCUT2D eigenvalue weighted by atomic mass is 16.5. The summed E-state index contributed by atoms with van der Waals surface area (Å²) in [6.45, 7) is 7.45. The third-order valence-corrected chi connectivity index (χ3v) is 8.20. The van der Waals surface area contributed by atoms with Crippen LogP contribution in [0.4, 0.5) is 0 Å². The molecule has 0 radical (unpaired) electrons. The number of hydrogen-bond donors (Lipinski definition) is 6. The second kappa shape index (κ2) is 35.1. The second-order valence-electron chi connectivity index (χ2n) is 14.7. The van der Waals surface area contributed by atoms with Crippen molar-refractivity contribution in [3.05, 3.63) is 0 Å². The van der Waals surface area contributed by atoms with Crippen LogP contribution in [0.1, 0.15) is 136 Å². The number of unbranched alkanes of at least 4 members (excludes halogenated alkanes) is 13. The highest BCUT2D eigenvalue weighted by Gasteiger charge is 2.21. The lowest BCUT2D eigenvalue weighted by Gasteiger charge is -2.20. The van der Waals surface area contributed by atoms with Gasteiger partial charge in [-0.05, 0) is 40.0 Å². The first-order valence-corrected chi connectivity index (χ1v) is 20.2. The zero-order valence-electron chi connectivity index (χ0n) is 33.9. The molecule has 0 spiro atoms. The molecule has 1 atom stereocenters. The molecule has 4 amide bonds. The van der Waals surface area contributed by atoms with E-state index in [1.807, 2.05) is 20.8 Å². The van der Waals surface area contributed by atoms with Crippen molar-refractivity contribution in [2.24, 2.45) is 0 Å². The number of carboxylic acid groups (broad SMARTS) is 2. The second-order valence-corrected chi connectivity index (χ2v) is 14.7. The fourth-order valence-corrected chi connectivity index (χ4v) is 5.37. The molecule has 0 aliphatic carbocycles. The van der Waals surface area contributed by atoms with E-state index in [0.717, 1.165) is 38.5 Å². The van der Waals surface area contributed by atoms with Crippen LogP contribution in [0.5, 0.6) is 0 Å². The zero-order chi connectivity index (χ0) is 41.0. The Kier molecular flexibility index (Phi) is 33.0. The average molecular weight is 789 g/mol. The molecule has 16 heteroatoms. The highest BCUT2D eigenvalue weighted by molar-refractivity contribution is 5.84. The van der Waals surface area contributed by atoms with Gasteiger partial charge in [-0.3, -0.25) is 24.0 Å². The molecule has 55 heavy (non-hydrogen) atoms. The Morgan fingerprint density at radius 2 is 0.909 bits per heavy atom. The number of carboxylic acids is 2. The van der Waals surface area contributed by atoms with E-state index in [4.69, 9.17) is 24.1 Å². The molecule has 0 aromatic rings. The molecule has 0 saturated carbocycles. The van der Waals surface area contributed by atoms with Crippen molar-refractivity contribution in [2.75, 3.05) is 65.9 Å². The van der Waals surface area contributed by atoms with Gasteiger partial charge in [0.05, 0.1) is 39.6 Å². The normalized spacial score (nSPS) is 11.8. The summed E-state index contributed by atoms with van der Waals surface area (Å²) in [6.07, 6.45) is 15.6. The van der Waals surface area contributed by atoms with Crippen molar-refractivity contribution >= 4 is 35.6 Å². The highest BCUT2D eigenvalue weighted by Crippen LogP contribution is 2.14. The van der Waals surface area contributed by atoms with E-state index in [0.29, 0.717) is 19.6 Å². The first-order valence-electron chi connectivity index (χ1n) is 20.2. The van der Waals surface area contributed by atoms with Crippen LogP contribution in [0.3, 0.4) is 0 Å². The maximum atomic E-state index is 12.3. The van der Waals surface area contributed by atoms with Gasteiger partial charge in [0.2, 0.25) is 23.6 Å². The first kappa shape index (κ1) is 51.7. The summed E-state index contributed by atoms with van der Waals surface area (Å²) in [5.74, 6) is -3.06. The third-order valence-electron chi connectivity index (χ3n) is 8.20. The monoisotopic (exact) mass is 789 g/mol. The van der Waals surface area contributed by atoms with E-state index in [1.165, 1.54) is 44.9 Å². The number of carbonyl (C=O) groups is 6. The summed E-state index contributed by atoms with van der Waals surface area (Å²) in [5, 5.41) is 28.8. The Morgan fingerprint density at radius 1 is 0.491 bits per heavy atom. The molecule has 16 nitrogen and oxygen atoms in total. The Balaban J connectivity index is 3.67. The summed E-state index contributed by atoms with van der Waals surface area (Å²) in [4.78, 5) is 70.1. The van der Waals surface area contributed by atoms with Gasteiger partial charge in [-0.15, -0.1) is 0 Å². The summed E-state index contributed by atoms with van der Waals surface area (Å²) < 4.78 is 21.2. The standard InChI is InChI=1S/C39H72N4O12/c1-39(2,3)43-36(47)31-55-29-27-53-25-23-41-35(46)30-54-28-26-52-24-22-40-33(44)21-20-32(38(50)51)42-34(45)18-16-14-12-10-8-6-4-5-7-9-11-13-15-17-19-37(48)49/h32H,4-31H2,1-3H3,(H,40,44)(H,41,46)(H,42,45)(H,43,47)(H,48,49)(H,50,51)/t32-/m0/s1. The van der Waals surface area contributed by atoms with Crippen molar-refractivity contribution in [1.29, 1.82) is 0 Å². The molecular formula is C39H72N4O12. The number of aliphatic carboxylic acids is 2. The van der Waals surface area contributed by atoms with E-state index in [9.17, 15) is 33.9 Å². The van der Waals surface area contributed by atoms with Crippen molar-refractivity contribution in [3.8, 4) is 0 Å². The fraction of sp³-hybridized carbons (Fsp3) is 0.846. The molecule has 0 rings (SSSR count). The quantitative estimate of drug-likeness (QED) is 0.0490. The van der Waals surface area contributed by atoms with E-state index < -0.39 is 18.0 Å². The van der Waals surface area contributed by atoms with E-state index >= 15 is 0 Å². The van der Waals surface area contributed by atoms with Gasteiger partial charge in [-0.2, -0.15) is 0 Å². The Hall–Kier alpha value is -3.34. The van der Waals surface area contributed by atoms with Crippen LogP contribution in [-0.4, -0.2) is 123 Å². The minimum Gasteiger partial charge on any atom is -0.481 e. The number of nitrogens with one attached hydrogen (secondary N) is 4. The van der Waals surface area contributed by atoms with Gasteiger partial charge >= 0.3 is 11.9 Å². The Morgan fingerprint density at radius 3 is 1.36 bits per heavy atom. The zero-order valence-corrected chi connectivity index (χ0v) is 33.9. The van der Waals surface area contributed by atoms with Crippen molar-refractivity contribution in [1.82, 2.24) is 21.3 Å². The maximum Gasteiger partial charge on any atom is 0.326 e. The number of ether oxygens (including phenoxy) is 4. The predicted octanol–water partition coefficient (Wildman–Crippen LogP) is 3.88. The summed E-state index contributed by atoms with van der Waals surface area (Å²) >= 11 is 0. The van der Waals surface area contributed by atoms with Crippen LogP contribution in [-0.2, 0) is 47.7 Å². The smallest absolute Gasteiger partial charge is 0.326 e. The van der Waals surface area contributed by atoms with Crippen LogP contribution < -0.4 is 21.3 Å². The number of amides is 4. The third kappa shape index (κ3) is 38.7. The number of hydrogen-bond acceptors (Lipinski definition) is 10. The molecule has 0 aliphatic heterocycles. The molecule has 0 heterocycles. The van der Waals surface area contributed by atoms with Gasteiger partial charge in [0.25, 0.3) is 0 Å². The Labute approximate surface area is 328 Å². The van der Waals surface area contributed by atoms with E-state index in [1.54, 1.807) is 0 Å². The lowest BCUT2D eigenvalue weighted by molar-refractivity contribution is -0.142. The van der Waals surface area contributed by atoms with Crippen LogP contribution in [0.15, 0.2) is 0 Å². The van der Waals surface area contributed by atoms with Crippen LogP contribution in [0.2, 0.25) is 0 Å².